The molecule has 0 aromatic carbocycles. The van der Waals surface area contributed by atoms with E-state index in [2.05, 4.69) is 36.1 Å². The Kier molecular flexibility index (Phi) is 4.38. The molecule has 0 aliphatic carbocycles. The number of nitrogens with zero attached hydrogens (tertiary/aromatic N) is 2. The summed E-state index contributed by atoms with van der Waals surface area (Å²) in [5.74, 6) is 5.92. The van der Waals surface area contributed by atoms with E-state index in [-0.39, 0.29) is 0 Å². The fourth-order valence-electron chi connectivity index (χ4n) is 1.56. The molecule has 3 heteroatoms. The van der Waals surface area contributed by atoms with Crippen LogP contribution in [0.1, 0.15) is 30.3 Å². The van der Waals surface area contributed by atoms with Crippen LogP contribution >= 0.6 is 0 Å². The maximum atomic E-state index is 4.37. The highest BCUT2D eigenvalue weighted by atomic mass is 15.3. The van der Waals surface area contributed by atoms with E-state index in [4.69, 9.17) is 0 Å². The van der Waals surface area contributed by atoms with E-state index in [1.54, 1.807) is 0 Å². The summed E-state index contributed by atoms with van der Waals surface area (Å²) >= 11 is 0. The van der Waals surface area contributed by atoms with E-state index in [1.165, 1.54) is 11.3 Å². The second kappa shape index (κ2) is 5.57. The number of aryl methyl sites for hydroxylation is 2. The van der Waals surface area contributed by atoms with Crippen LogP contribution in [0.4, 0.5) is 0 Å². The SMILES string of the molecule is CC#CCCNCc1c(C)nn(C)c1C. The summed E-state index contributed by atoms with van der Waals surface area (Å²) in [6.45, 7) is 7.85. The Labute approximate surface area is 91.9 Å². The molecule has 0 spiro atoms. The molecule has 1 heterocycles. The lowest BCUT2D eigenvalue weighted by Gasteiger charge is -2.03. The zero-order valence-corrected chi connectivity index (χ0v) is 10.0. The highest BCUT2D eigenvalue weighted by Crippen LogP contribution is 2.10. The lowest BCUT2D eigenvalue weighted by Crippen LogP contribution is -2.15. The van der Waals surface area contributed by atoms with Gasteiger partial charge in [0.25, 0.3) is 0 Å². The van der Waals surface area contributed by atoms with Crippen molar-refractivity contribution in [2.75, 3.05) is 6.54 Å². The van der Waals surface area contributed by atoms with Crippen LogP contribution in [0.2, 0.25) is 0 Å². The van der Waals surface area contributed by atoms with Crippen LogP contribution in [0, 0.1) is 25.7 Å². The maximum Gasteiger partial charge on any atom is 0.0641 e. The number of rotatable bonds is 4. The minimum atomic E-state index is 0.886. The lowest BCUT2D eigenvalue weighted by molar-refractivity contribution is 0.691. The van der Waals surface area contributed by atoms with Crippen molar-refractivity contribution < 1.29 is 0 Å². The van der Waals surface area contributed by atoms with Crippen LogP contribution in [0.3, 0.4) is 0 Å². The van der Waals surface area contributed by atoms with E-state index in [0.717, 1.165) is 25.2 Å². The van der Waals surface area contributed by atoms with E-state index in [9.17, 15) is 0 Å². The Morgan fingerprint density at radius 3 is 2.67 bits per heavy atom. The highest BCUT2D eigenvalue weighted by molar-refractivity contribution is 5.23. The van der Waals surface area contributed by atoms with Gasteiger partial charge in [-0.05, 0) is 20.8 Å². The summed E-state index contributed by atoms with van der Waals surface area (Å²) in [5.41, 5.74) is 3.66. The van der Waals surface area contributed by atoms with Gasteiger partial charge in [-0.3, -0.25) is 4.68 Å². The van der Waals surface area contributed by atoms with Crippen molar-refractivity contribution in [3.8, 4) is 11.8 Å². The fourth-order valence-corrected chi connectivity index (χ4v) is 1.56. The highest BCUT2D eigenvalue weighted by Gasteiger charge is 2.07. The molecule has 0 fully saturated rings. The first-order valence-corrected chi connectivity index (χ1v) is 5.26. The Hall–Kier alpha value is -1.27. The summed E-state index contributed by atoms with van der Waals surface area (Å²) in [6.07, 6.45) is 0.912. The average molecular weight is 205 g/mol. The predicted molar refractivity (Wildman–Crippen MR) is 62.5 cm³/mol. The first kappa shape index (κ1) is 11.8. The summed E-state index contributed by atoms with van der Waals surface area (Å²) < 4.78 is 1.93. The zero-order chi connectivity index (χ0) is 11.3. The Balaban J connectivity index is 2.46. The van der Waals surface area contributed by atoms with Crippen LogP contribution < -0.4 is 5.32 Å². The third-order valence-corrected chi connectivity index (χ3v) is 2.56. The van der Waals surface area contributed by atoms with Crippen LogP contribution in [0.5, 0.6) is 0 Å². The molecule has 0 aliphatic rings. The molecule has 1 rings (SSSR count). The van der Waals surface area contributed by atoms with Gasteiger partial charge in [0.15, 0.2) is 0 Å². The molecule has 0 bridgehead atoms. The summed E-state index contributed by atoms with van der Waals surface area (Å²) in [5, 5.41) is 7.75. The monoisotopic (exact) mass is 205 g/mol. The van der Waals surface area contributed by atoms with E-state index < -0.39 is 0 Å². The molecule has 0 radical (unpaired) electrons. The largest absolute Gasteiger partial charge is 0.312 e. The van der Waals surface area contributed by atoms with Gasteiger partial charge in [-0.1, -0.05) is 0 Å². The van der Waals surface area contributed by atoms with E-state index in [0.29, 0.717) is 0 Å². The molecular weight excluding hydrogens is 186 g/mol. The van der Waals surface area contributed by atoms with Gasteiger partial charge in [0.1, 0.15) is 0 Å². The maximum absolute atomic E-state index is 4.37. The van der Waals surface area contributed by atoms with Crippen LogP contribution in [-0.2, 0) is 13.6 Å². The predicted octanol–water partition coefficient (Wildman–Crippen LogP) is 1.54. The van der Waals surface area contributed by atoms with Gasteiger partial charge in [-0.25, -0.2) is 0 Å². The third-order valence-electron chi connectivity index (χ3n) is 2.56. The lowest BCUT2D eigenvalue weighted by atomic mass is 10.2. The van der Waals surface area contributed by atoms with Crippen LogP contribution in [-0.4, -0.2) is 16.3 Å². The van der Waals surface area contributed by atoms with Crippen molar-refractivity contribution in [2.24, 2.45) is 7.05 Å². The average Bonchev–Trinajstić information content (AvgIpc) is 2.44. The molecule has 15 heavy (non-hydrogen) atoms. The zero-order valence-electron chi connectivity index (χ0n) is 10.0. The first-order valence-electron chi connectivity index (χ1n) is 5.26. The molecule has 0 amide bonds. The van der Waals surface area contributed by atoms with Gasteiger partial charge in [-0.15, -0.1) is 11.8 Å². The molecule has 0 saturated carbocycles. The Morgan fingerprint density at radius 2 is 2.13 bits per heavy atom. The molecular formula is C12H19N3. The Morgan fingerprint density at radius 1 is 1.40 bits per heavy atom. The van der Waals surface area contributed by atoms with Crippen LogP contribution in [0.25, 0.3) is 0 Å². The number of nitrogens with one attached hydrogen (secondary N) is 1. The van der Waals surface area contributed by atoms with Gasteiger partial charge < -0.3 is 5.32 Å². The number of hydrogen-bond donors (Lipinski definition) is 1. The molecule has 1 aromatic heterocycles. The first-order chi connectivity index (χ1) is 7.16. The second-order valence-corrected chi connectivity index (χ2v) is 3.63. The van der Waals surface area contributed by atoms with Crippen molar-refractivity contribution in [3.05, 3.63) is 17.0 Å². The number of hydrogen-bond acceptors (Lipinski definition) is 2. The van der Waals surface area contributed by atoms with Crippen molar-refractivity contribution >= 4 is 0 Å². The standard InChI is InChI=1S/C12H19N3/c1-5-6-7-8-13-9-12-10(2)14-15(4)11(12)3/h13H,7-9H2,1-4H3. The van der Waals surface area contributed by atoms with Crippen molar-refractivity contribution in [3.63, 3.8) is 0 Å². The van der Waals surface area contributed by atoms with Gasteiger partial charge in [0, 0.05) is 37.8 Å². The fraction of sp³-hybridized carbons (Fsp3) is 0.583. The Bertz CT molecular complexity index is 380. The molecule has 82 valence electrons. The molecule has 0 unspecified atom stereocenters. The van der Waals surface area contributed by atoms with Crippen molar-refractivity contribution in [1.82, 2.24) is 15.1 Å². The minimum Gasteiger partial charge on any atom is -0.312 e. The van der Waals surface area contributed by atoms with Gasteiger partial charge in [0.2, 0.25) is 0 Å². The van der Waals surface area contributed by atoms with Gasteiger partial charge in [-0.2, -0.15) is 5.10 Å². The molecule has 0 saturated heterocycles. The second-order valence-electron chi connectivity index (χ2n) is 3.63. The quantitative estimate of drug-likeness (QED) is 0.597. The normalized spacial score (nSPS) is 9.87. The third kappa shape index (κ3) is 3.10. The van der Waals surface area contributed by atoms with Gasteiger partial charge >= 0.3 is 0 Å². The van der Waals surface area contributed by atoms with Crippen LogP contribution in [0.15, 0.2) is 0 Å². The number of aromatic nitrogens is 2. The van der Waals surface area contributed by atoms with Crippen molar-refractivity contribution in [1.29, 1.82) is 0 Å². The van der Waals surface area contributed by atoms with E-state index >= 15 is 0 Å². The van der Waals surface area contributed by atoms with Gasteiger partial charge in [0.05, 0.1) is 5.69 Å². The summed E-state index contributed by atoms with van der Waals surface area (Å²) in [4.78, 5) is 0. The molecule has 3 nitrogen and oxygen atoms in total. The molecule has 0 aliphatic heterocycles. The summed E-state index contributed by atoms with van der Waals surface area (Å²) in [7, 11) is 1.98. The summed E-state index contributed by atoms with van der Waals surface area (Å²) in [6, 6.07) is 0. The molecule has 0 atom stereocenters. The van der Waals surface area contributed by atoms with Crippen molar-refractivity contribution in [2.45, 2.75) is 33.7 Å². The van der Waals surface area contributed by atoms with E-state index in [1.807, 2.05) is 18.7 Å². The smallest absolute Gasteiger partial charge is 0.0641 e. The molecule has 1 aromatic rings. The minimum absolute atomic E-state index is 0.886. The topological polar surface area (TPSA) is 29.9 Å². The molecule has 1 N–H and O–H groups in total.